The Balaban J connectivity index is 1.57. The molecule has 3 rings (SSSR count). The summed E-state index contributed by atoms with van der Waals surface area (Å²) >= 11 is 0. The summed E-state index contributed by atoms with van der Waals surface area (Å²) < 4.78 is 80.5. The minimum absolute atomic E-state index is 0.281. The van der Waals surface area contributed by atoms with E-state index in [0.29, 0.717) is 13.0 Å². The van der Waals surface area contributed by atoms with E-state index in [2.05, 4.69) is 6.92 Å². The van der Waals surface area contributed by atoms with Gasteiger partial charge in [-0.15, -0.1) is 0 Å². The van der Waals surface area contributed by atoms with Gasteiger partial charge in [-0.3, -0.25) is 4.79 Å². The van der Waals surface area contributed by atoms with Crippen LogP contribution in [0.15, 0.2) is 30.3 Å². The van der Waals surface area contributed by atoms with Crippen LogP contribution >= 0.6 is 0 Å². The van der Waals surface area contributed by atoms with E-state index in [0.717, 1.165) is 24.8 Å². The van der Waals surface area contributed by atoms with Crippen molar-refractivity contribution in [2.45, 2.75) is 103 Å². The molecule has 0 bridgehead atoms. The Morgan fingerprint density at radius 3 is 1.92 bits per heavy atom. The van der Waals surface area contributed by atoms with Gasteiger partial charge in [0.05, 0.1) is 18.6 Å². The van der Waals surface area contributed by atoms with Crippen LogP contribution in [0.3, 0.4) is 0 Å². The molecule has 0 radical (unpaired) electrons. The number of hydrogen-bond donors (Lipinski definition) is 0. The van der Waals surface area contributed by atoms with Crippen molar-refractivity contribution >= 4 is 5.97 Å². The van der Waals surface area contributed by atoms with Gasteiger partial charge < -0.3 is 9.47 Å². The van der Waals surface area contributed by atoms with Crippen molar-refractivity contribution in [1.82, 2.24) is 0 Å². The molecular formula is C30H37F5O3. The average molecular weight is 541 g/mol. The van der Waals surface area contributed by atoms with E-state index in [4.69, 9.17) is 9.47 Å². The second-order valence-corrected chi connectivity index (χ2v) is 10.1. The molecule has 1 fully saturated rings. The smallest absolute Gasteiger partial charge is 0.313 e. The van der Waals surface area contributed by atoms with E-state index >= 15 is 0 Å². The molecule has 8 heteroatoms. The van der Waals surface area contributed by atoms with E-state index in [-0.39, 0.29) is 12.5 Å². The zero-order chi connectivity index (χ0) is 27.5. The van der Waals surface area contributed by atoms with Gasteiger partial charge in [0.15, 0.2) is 23.3 Å². The van der Waals surface area contributed by atoms with E-state index in [1.165, 1.54) is 38.5 Å². The minimum Gasteiger partial charge on any atom is -0.461 e. The first-order chi connectivity index (χ1) is 18.3. The predicted molar refractivity (Wildman–Crippen MR) is 135 cm³/mol. The molecule has 1 heterocycles. The number of rotatable bonds is 17. The van der Waals surface area contributed by atoms with Gasteiger partial charge in [-0.05, 0) is 18.4 Å². The molecule has 3 atom stereocenters. The third-order valence-electron chi connectivity index (χ3n) is 7.20. The molecule has 0 saturated carbocycles. The maximum atomic E-state index is 14.2. The molecule has 38 heavy (non-hydrogen) atoms. The van der Waals surface area contributed by atoms with Crippen LogP contribution in [0.4, 0.5) is 22.0 Å². The molecule has 0 aliphatic carbocycles. The van der Waals surface area contributed by atoms with Gasteiger partial charge in [-0.1, -0.05) is 95.0 Å². The molecule has 0 spiro atoms. The van der Waals surface area contributed by atoms with Crippen LogP contribution in [0.25, 0.3) is 0 Å². The zero-order valence-electron chi connectivity index (χ0n) is 21.9. The monoisotopic (exact) mass is 540 g/mol. The maximum absolute atomic E-state index is 14.2. The van der Waals surface area contributed by atoms with Gasteiger partial charge in [0.1, 0.15) is 6.10 Å². The molecule has 2 aromatic rings. The Bertz CT molecular complexity index is 1000. The van der Waals surface area contributed by atoms with Gasteiger partial charge in [0.2, 0.25) is 5.82 Å². The van der Waals surface area contributed by atoms with Crippen molar-refractivity contribution < 1.29 is 36.2 Å². The fraction of sp³-hybridized carbons (Fsp3) is 0.567. The number of carbonyl (C=O) groups excluding carboxylic acids is 1. The quantitative estimate of drug-likeness (QED) is 0.0665. The van der Waals surface area contributed by atoms with E-state index in [9.17, 15) is 26.7 Å². The van der Waals surface area contributed by atoms with Crippen LogP contribution in [0.2, 0.25) is 0 Å². The second-order valence-electron chi connectivity index (χ2n) is 10.1. The number of benzene rings is 2. The van der Waals surface area contributed by atoms with Gasteiger partial charge in [-0.25, -0.2) is 22.0 Å². The third kappa shape index (κ3) is 8.26. The first kappa shape index (κ1) is 30.1. The van der Waals surface area contributed by atoms with Crippen molar-refractivity contribution in [3.05, 3.63) is 70.5 Å². The highest BCUT2D eigenvalue weighted by Crippen LogP contribution is 2.34. The highest BCUT2D eigenvalue weighted by Gasteiger charge is 2.45. The number of halogens is 5. The summed E-state index contributed by atoms with van der Waals surface area (Å²) in [5, 5.41) is 0. The van der Waals surface area contributed by atoms with Crippen LogP contribution in [-0.4, -0.2) is 18.2 Å². The first-order valence-electron chi connectivity index (χ1n) is 13.7. The lowest BCUT2D eigenvalue weighted by Crippen LogP contribution is -2.48. The van der Waals surface area contributed by atoms with Crippen molar-refractivity contribution in [2.75, 3.05) is 0 Å². The van der Waals surface area contributed by atoms with Crippen molar-refractivity contribution in [2.24, 2.45) is 5.92 Å². The third-order valence-corrected chi connectivity index (χ3v) is 7.20. The maximum Gasteiger partial charge on any atom is 0.313 e. The number of esters is 1. The Hall–Kier alpha value is -2.48. The highest BCUT2D eigenvalue weighted by atomic mass is 19.2. The summed E-state index contributed by atoms with van der Waals surface area (Å²) in [4.78, 5) is 12.1. The Morgan fingerprint density at radius 1 is 0.789 bits per heavy atom. The fourth-order valence-corrected chi connectivity index (χ4v) is 4.87. The Kier molecular flexibility index (Phi) is 12.0. The Morgan fingerprint density at radius 2 is 1.34 bits per heavy atom. The van der Waals surface area contributed by atoms with Crippen molar-refractivity contribution in [1.29, 1.82) is 0 Å². The van der Waals surface area contributed by atoms with Crippen molar-refractivity contribution in [3.63, 3.8) is 0 Å². The summed E-state index contributed by atoms with van der Waals surface area (Å²) in [6.45, 7) is 2.55. The van der Waals surface area contributed by atoms with Gasteiger partial charge in [-0.2, -0.15) is 0 Å². The van der Waals surface area contributed by atoms with Crippen molar-refractivity contribution in [3.8, 4) is 0 Å². The number of ether oxygens (including phenoxy) is 2. The minimum atomic E-state index is -2.22. The van der Waals surface area contributed by atoms with Gasteiger partial charge in [0, 0.05) is 12.0 Å². The van der Waals surface area contributed by atoms with E-state index in [1.807, 2.05) is 30.3 Å². The standard InChI is InChI=1S/C30H37F5O3/c1-2-3-4-5-6-7-8-9-13-16-21(37-19-20-14-11-10-12-15-20)17-24-22(30(36)38-24)18-23-25(31)27(33)29(35)28(34)26(23)32/h10-12,14-15,21-22,24H,2-9,13,16-19H2,1H3/t21-,22+,24+/m1/s1. The number of carbonyl (C=O) groups is 1. The molecule has 0 aromatic heterocycles. The zero-order valence-corrected chi connectivity index (χ0v) is 21.9. The van der Waals surface area contributed by atoms with Crippen LogP contribution < -0.4 is 0 Å². The van der Waals surface area contributed by atoms with E-state index in [1.54, 1.807) is 0 Å². The highest BCUT2D eigenvalue weighted by molar-refractivity contribution is 5.79. The van der Waals surface area contributed by atoms with Crippen LogP contribution in [-0.2, 0) is 27.3 Å². The largest absolute Gasteiger partial charge is 0.461 e. The molecule has 1 saturated heterocycles. The van der Waals surface area contributed by atoms with Crippen LogP contribution in [0.5, 0.6) is 0 Å². The second kappa shape index (κ2) is 15.2. The summed E-state index contributed by atoms with van der Waals surface area (Å²) in [5.41, 5.74) is -0.0121. The molecule has 3 nitrogen and oxygen atoms in total. The average Bonchev–Trinajstić information content (AvgIpc) is 2.92. The molecule has 1 aliphatic heterocycles. The lowest BCUT2D eigenvalue weighted by Gasteiger charge is -2.37. The topological polar surface area (TPSA) is 35.5 Å². The summed E-state index contributed by atoms with van der Waals surface area (Å²) in [6, 6.07) is 9.58. The lowest BCUT2D eigenvalue weighted by molar-refractivity contribution is -0.189. The molecule has 0 amide bonds. The number of cyclic esters (lactones) is 1. The molecule has 0 unspecified atom stereocenters. The molecular weight excluding hydrogens is 503 g/mol. The van der Waals surface area contributed by atoms with Crippen LogP contribution in [0.1, 0.15) is 88.7 Å². The van der Waals surface area contributed by atoms with Gasteiger partial charge >= 0.3 is 5.97 Å². The predicted octanol–water partition coefficient (Wildman–Crippen LogP) is 8.36. The lowest BCUT2D eigenvalue weighted by atomic mass is 9.85. The summed E-state index contributed by atoms with van der Waals surface area (Å²) in [5.74, 6) is -11.8. The first-order valence-corrected chi connectivity index (χ1v) is 13.7. The SMILES string of the molecule is CCCCCCCCCCC[C@H](C[C@@H]1OC(=O)[C@H]1Cc1c(F)c(F)c(F)c(F)c1F)OCc1ccccc1. The van der Waals surface area contributed by atoms with E-state index < -0.39 is 59.1 Å². The normalized spacial score (nSPS) is 17.8. The molecule has 1 aliphatic rings. The van der Waals surface area contributed by atoms with Gasteiger partial charge in [0.25, 0.3) is 0 Å². The molecule has 210 valence electrons. The summed E-state index contributed by atoms with van der Waals surface area (Å²) in [7, 11) is 0. The Labute approximate surface area is 221 Å². The molecule has 0 N–H and O–H groups in total. The summed E-state index contributed by atoms with van der Waals surface area (Å²) in [6.07, 6.45) is 9.89. The molecule has 2 aromatic carbocycles. The number of unbranched alkanes of at least 4 members (excludes halogenated alkanes) is 8. The van der Waals surface area contributed by atoms with Crippen LogP contribution in [0, 0.1) is 35.0 Å². The fourth-order valence-electron chi connectivity index (χ4n) is 4.87. The number of hydrogen-bond acceptors (Lipinski definition) is 3.